The van der Waals surface area contributed by atoms with Crippen LogP contribution in [0.1, 0.15) is 19.3 Å². The van der Waals surface area contributed by atoms with Crippen LogP contribution in [0.5, 0.6) is 0 Å². The maximum Gasteiger partial charge on any atom is 0.407 e. The molecule has 0 radical (unpaired) electrons. The van der Waals surface area contributed by atoms with Crippen molar-refractivity contribution in [2.24, 2.45) is 5.73 Å². The van der Waals surface area contributed by atoms with E-state index in [2.05, 4.69) is 5.32 Å². The van der Waals surface area contributed by atoms with E-state index >= 15 is 0 Å². The summed E-state index contributed by atoms with van der Waals surface area (Å²) in [4.78, 5) is 12.1. The summed E-state index contributed by atoms with van der Waals surface area (Å²) in [5.74, 6) is 0. The summed E-state index contributed by atoms with van der Waals surface area (Å²) < 4.78 is 0. The van der Waals surface area contributed by atoms with Crippen molar-refractivity contribution in [3.63, 3.8) is 0 Å². The van der Waals surface area contributed by atoms with E-state index < -0.39 is 6.09 Å². The first-order chi connectivity index (χ1) is 6.74. The third-order valence-corrected chi connectivity index (χ3v) is 2.58. The predicted octanol–water partition coefficient (Wildman–Crippen LogP) is 0.0672. The van der Waals surface area contributed by atoms with E-state index in [1.54, 1.807) is 0 Å². The Morgan fingerprint density at radius 1 is 1.50 bits per heavy atom. The lowest BCUT2D eigenvalue weighted by atomic mass is 10.1. The Kier molecular flexibility index (Phi) is 4.69. The number of amides is 1. The van der Waals surface area contributed by atoms with E-state index in [9.17, 15) is 4.79 Å². The van der Waals surface area contributed by atoms with Crippen LogP contribution in [0.3, 0.4) is 0 Å². The van der Waals surface area contributed by atoms with Crippen molar-refractivity contribution in [2.75, 3.05) is 26.2 Å². The molecule has 0 bridgehead atoms. The Balaban J connectivity index is 2.12. The Bertz CT molecular complexity index is 179. The van der Waals surface area contributed by atoms with Gasteiger partial charge in [-0.2, -0.15) is 0 Å². The number of hydrogen-bond acceptors (Lipinski definition) is 3. The zero-order valence-electron chi connectivity index (χ0n) is 8.41. The fraction of sp³-hybridized carbons (Fsp3) is 0.889. The Morgan fingerprint density at radius 3 is 2.64 bits per heavy atom. The van der Waals surface area contributed by atoms with Gasteiger partial charge in [0.1, 0.15) is 0 Å². The van der Waals surface area contributed by atoms with Gasteiger partial charge in [-0.3, -0.25) is 0 Å². The van der Waals surface area contributed by atoms with Gasteiger partial charge in [0.05, 0.1) is 0 Å². The van der Waals surface area contributed by atoms with Gasteiger partial charge in [-0.25, -0.2) is 4.79 Å². The number of carboxylic acid groups (broad SMARTS) is 1. The molecule has 0 spiro atoms. The molecular weight excluding hydrogens is 182 g/mol. The van der Waals surface area contributed by atoms with Crippen molar-refractivity contribution < 1.29 is 9.90 Å². The molecule has 0 saturated carbocycles. The molecule has 5 nitrogen and oxygen atoms in total. The minimum Gasteiger partial charge on any atom is -0.465 e. The Hall–Kier alpha value is -0.810. The van der Waals surface area contributed by atoms with Crippen molar-refractivity contribution in [3.05, 3.63) is 0 Å². The SMILES string of the molecule is NCCCNC1CCN(C(=O)O)CC1. The summed E-state index contributed by atoms with van der Waals surface area (Å²) in [6.07, 6.45) is 2.01. The molecule has 1 aliphatic rings. The van der Waals surface area contributed by atoms with Crippen LogP contribution in [0.4, 0.5) is 4.79 Å². The summed E-state index contributed by atoms with van der Waals surface area (Å²) in [5, 5.41) is 12.1. The monoisotopic (exact) mass is 201 g/mol. The maximum absolute atomic E-state index is 10.6. The molecule has 1 aliphatic heterocycles. The summed E-state index contributed by atoms with van der Waals surface area (Å²) in [5.41, 5.74) is 5.38. The highest BCUT2D eigenvalue weighted by Gasteiger charge is 2.21. The largest absolute Gasteiger partial charge is 0.465 e. The van der Waals surface area contributed by atoms with Crippen molar-refractivity contribution in [1.29, 1.82) is 0 Å². The van der Waals surface area contributed by atoms with Crippen LogP contribution in [-0.4, -0.2) is 48.3 Å². The molecule has 1 rings (SSSR count). The first-order valence-corrected chi connectivity index (χ1v) is 5.15. The molecule has 1 saturated heterocycles. The van der Waals surface area contributed by atoms with Crippen LogP contribution in [0.25, 0.3) is 0 Å². The van der Waals surface area contributed by atoms with Crippen LogP contribution < -0.4 is 11.1 Å². The quantitative estimate of drug-likeness (QED) is 0.562. The molecule has 82 valence electrons. The smallest absolute Gasteiger partial charge is 0.407 e. The highest BCUT2D eigenvalue weighted by atomic mass is 16.4. The molecule has 14 heavy (non-hydrogen) atoms. The number of carbonyl (C=O) groups is 1. The second kappa shape index (κ2) is 5.82. The molecule has 1 amide bonds. The minimum absolute atomic E-state index is 0.470. The summed E-state index contributed by atoms with van der Waals surface area (Å²) >= 11 is 0. The van der Waals surface area contributed by atoms with E-state index in [0.29, 0.717) is 25.7 Å². The minimum atomic E-state index is -0.801. The summed E-state index contributed by atoms with van der Waals surface area (Å²) in [7, 11) is 0. The van der Waals surface area contributed by atoms with Gasteiger partial charge in [0.25, 0.3) is 0 Å². The Labute approximate surface area is 84.3 Å². The summed E-state index contributed by atoms with van der Waals surface area (Å²) in [6.45, 7) is 2.94. The zero-order chi connectivity index (χ0) is 10.4. The van der Waals surface area contributed by atoms with E-state index in [-0.39, 0.29) is 0 Å². The second-order valence-corrected chi connectivity index (χ2v) is 3.64. The highest BCUT2D eigenvalue weighted by molar-refractivity contribution is 5.65. The highest BCUT2D eigenvalue weighted by Crippen LogP contribution is 2.09. The van der Waals surface area contributed by atoms with Gasteiger partial charge in [0.2, 0.25) is 0 Å². The topological polar surface area (TPSA) is 78.6 Å². The molecule has 0 aromatic carbocycles. The third-order valence-electron chi connectivity index (χ3n) is 2.58. The molecule has 0 aliphatic carbocycles. The lowest BCUT2D eigenvalue weighted by Crippen LogP contribution is -2.44. The first-order valence-electron chi connectivity index (χ1n) is 5.15. The summed E-state index contributed by atoms with van der Waals surface area (Å²) in [6, 6.07) is 0.470. The number of hydrogen-bond donors (Lipinski definition) is 3. The van der Waals surface area contributed by atoms with E-state index in [1.807, 2.05) is 0 Å². The zero-order valence-corrected chi connectivity index (χ0v) is 8.41. The van der Waals surface area contributed by atoms with Crippen molar-refractivity contribution in [1.82, 2.24) is 10.2 Å². The lowest BCUT2D eigenvalue weighted by molar-refractivity contribution is 0.129. The van der Waals surface area contributed by atoms with E-state index in [4.69, 9.17) is 10.8 Å². The number of nitrogens with zero attached hydrogens (tertiary/aromatic N) is 1. The number of likely N-dealkylation sites (tertiary alicyclic amines) is 1. The molecule has 1 heterocycles. The average Bonchev–Trinajstić information content (AvgIpc) is 2.19. The first kappa shape index (κ1) is 11.3. The van der Waals surface area contributed by atoms with Crippen LogP contribution in [0.2, 0.25) is 0 Å². The van der Waals surface area contributed by atoms with Crippen molar-refractivity contribution >= 4 is 6.09 Å². The lowest BCUT2D eigenvalue weighted by Gasteiger charge is -2.30. The number of rotatable bonds is 4. The molecule has 0 atom stereocenters. The van der Waals surface area contributed by atoms with Gasteiger partial charge < -0.3 is 21.1 Å². The van der Waals surface area contributed by atoms with Crippen LogP contribution >= 0.6 is 0 Å². The standard InChI is InChI=1S/C9H19N3O2/c10-4-1-5-11-8-2-6-12(7-3-8)9(13)14/h8,11H,1-7,10H2,(H,13,14). The van der Waals surface area contributed by atoms with Crippen molar-refractivity contribution in [3.8, 4) is 0 Å². The molecule has 0 aromatic rings. The second-order valence-electron chi connectivity index (χ2n) is 3.64. The predicted molar refractivity (Wildman–Crippen MR) is 54.3 cm³/mol. The van der Waals surface area contributed by atoms with Gasteiger partial charge in [0, 0.05) is 19.1 Å². The van der Waals surface area contributed by atoms with Gasteiger partial charge in [-0.15, -0.1) is 0 Å². The average molecular weight is 201 g/mol. The van der Waals surface area contributed by atoms with Crippen LogP contribution in [-0.2, 0) is 0 Å². The Morgan fingerprint density at radius 2 is 2.14 bits per heavy atom. The van der Waals surface area contributed by atoms with Gasteiger partial charge in [0.15, 0.2) is 0 Å². The van der Waals surface area contributed by atoms with E-state index in [0.717, 1.165) is 25.8 Å². The fourth-order valence-electron chi connectivity index (χ4n) is 1.68. The van der Waals surface area contributed by atoms with Crippen molar-refractivity contribution in [2.45, 2.75) is 25.3 Å². The van der Waals surface area contributed by atoms with Crippen LogP contribution in [0, 0.1) is 0 Å². The molecule has 0 aromatic heterocycles. The molecule has 1 fully saturated rings. The normalized spacial score (nSPS) is 18.5. The number of nitrogens with two attached hydrogens (primary N) is 1. The molecule has 5 heteroatoms. The molecule has 0 unspecified atom stereocenters. The van der Waals surface area contributed by atoms with Gasteiger partial charge in [-0.1, -0.05) is 0 Å². The van der Waals surface area contributed by atoms with E-state index in [1.165, 1.54) is 4.90 Å². The molecular formula is C9H19N3O2. The van der Waals surface area contributed by atoms with Gasteiger partial charge in [-0.05, 0) is 32.4 Å². The van der Waals surface area contributed by atoms with Crippen LogP contribution in [0.15, 0.2) is 0 Å². The maximum atomic E-state index is 10.6. The molecule has 4 N–H and O–H groups in total. The van der Waals surface area contributed by atoms with Gasteiger partial charge >= 0.3 is 6.09 Å². The fourth-order valence-corrected chi connectivity index (χ4v) is 1.68. The number of nitrogens with one attached hydrogen (secondary N) is 1. The number of piperidine rings is 1. The third kappa shape index (κ3) is 3.51.